The molecule has 1 aliphatic carbocycles. The molecule has 0 fully saturated rings. The van der Waals surface area contributed by atoms with Gasteiger partial charge in [0.25, 0.3) is 5.91 Å². The van der Waals surface area contributed by atoms with E-state index in [0.717, 1.165) is 37.8 Å². The molecular weight excluding hydrogens is 398 g/mol. The van der Waals surface area contributed by atoms with E-state index in [1.807, 2.05) is 23.5 Å². The van der Waals surface area contributed by atoms with Crippen LogP contribution in [0.1, 0.15) is 51.7 Å². The van der Waals surface area contributed by atoms with Crippen LogP contribution in [0.5, 0.6) is 0 Å². The average Bonchev–Trinajstić information content (AvgIpc) is 2.91. The largest absolute Gasteiger partial charge is 0.465 e. The van der Waals surface area contributed by atoms with Gasteiger partial charge in [-0.2, -0.15) is 0 Å². The Bertz CT molecular complexity index is 864. The molecule has 1 heterocycles. The minimum absolute atomic E-state index is 0.0860. The highest BCUT2D eigenvalue weighted by Crippen LogP contribution is 2.37. The Balaban J connectivity index is 1.64. The van der Waals surface area contributed by atoms with E-state index in [0.29, 0.717) is 23.2 Å². The molecule has 4 N–H and O–H groups in total. The van der Waals surface area contributed by atoms with Crippen LogP contribution in [0.25, 0.3) is 0 Å². The minimum atomic E-state index is -0.353. The molecule has 0 saturated carbocycles. The lowest BCUT2D eigenvalue weighted by atomic mass is 10.1. The number of nitrogens with one attached hydrogen (secondary N) is 2. The number of carbonyl (C=O) groups excluding carboxylic acids is 2. The first-order valence-corrected chi connectivity index (χ1v) is 11.5. The third kappa shape index (κ3) is 5.47. The van der Waals surface area contributed by atoms with Gasteiger partial charge in [0.05, 0.1) is 26.8 Å². The molecule has 30 heavy (non-hydrogen) atoms. The molecule has 1 aromatic carbocycles. The van der Waals surface area contributed by atoms with Crippen molar-refractivity contribution in [3.05, 3.63) is 51.9 Å². The van der Waals surface area contributed by atoms with Gasteiger partial charge in [0.15, 0.2) is 12.6 Å². The molecule has 1 amide bonds. The van der Waals surface area contributed by atoms with Crippen LogP contribution in [0.15, 0.2) is 30.3 Å². The van der Waals surface area contributed by atoms with Gasteiger partial charge in [-0.3, -0.25) is 4.79 Å². The number of ether oxygens (including phenoxy) is 1. The highest BCUT2D eigenvalue weighted by molar-refractivity contribution is 7.17. The number of quaternary nitrogens is 2. The number of hydrogen-bond donors (Lipinski definition) is 3. The third-order valence-electron chi connectivity index (χ3n) is 5.69. The second-order valence-electron chi connectivity index (χ2n) is 8.08. The summed E-state index contributed by atoms with van der Waals surface area (Å²) in [5.41, 5.74) is 2.90. The van der Waals surface area contributed by atoms with Gasteiger partial charge in [-0.25, -0.2) is 4.79 Å². The van der Waals surface area contributed by atoms with Crippen molar-refractivity contribution < 1.29 is 24.5 Å². The fourth-order valence-corrected chi connectivity index (χ4v) is 5.39. The number of esters is 1. The lowest BCUT2D eigenvalue weighted by Crippen LogP contribution is -3.09. The predicted molar refractivity (Wildman–Crippen MR) is 119 cm³/mol. The van der Waals surface area contributed by atoms with E-state index >= 15 is 0 Å². The molecule has 0 saturated heterocycles. The molecule has 1 aromatic heterocycles. The van der Waals surface area contributed by atoms with E-state index < -0.39 is 0 Å². The molecule has 7 heteroatoms. The molecule has 0 radical (unpaired) electrons. The van der Waals surface area contributed by atoms with Gasteiger partial charge < -0.3 is 20.3 Å². The van der Waals surface area contributed by atoms with Crippen LogP contribution in [-0.2, 0) is 22.4 Å². The molecule has 0 spiro atoms. The van der Waals surface area contributed by atoms with E-state index in [4.69, 9.17) is 4.74 Å². The highest BCUT2D eigenvalue weighted by atomic mass is 32.1. The number of amides is 1. The molecule has 3 rings (SSSR count). The molecule has 162 valence electrons. The average molecular weight is 432 g/mol. The summed E-state index contributed by atoms with van der Waals surface area (Å²) in [6.07, 6.45) is 5.22. The number of thiophene rings is 1. The van der Waals surface area contributed by atoms with Crippen LogP contribution in [0.4, 0.5) is 5.00 Å². The quantitative estimate of drug-likeness (QED) is 0.434. The number of benzene rings is 1. The Hall–Kier alpha value is -2.22. The van der Waals surface area contributed by atoms with Crippen molar-refractivity contribution in [3.8, 4) is 0 Å². The number of nitrogens with two attached hydrogens (primary N) is 1. The van der Waals surface area contributed by atoms with Gasteiger partial charge in [-0.1, -0.05) is 36.8 Å². The van der Waals surface area contributed by atoms with Crippen LogP contribution in [0, 0.1) is 0 Å². The van der Waals surface area contributed by atoms with E-state index in [1.54, 1.807) is 0 Å². The SMILES string of the molecule is COC(=O)c1c(NC(=O)C[NH2+]C[C@@H](c2ccccc2)[NH+](C)C)sc2c1CCCCC2. The van der Waals surface area contributed by atoms with Gasteiger partial charge in [0, 0.05) is 10.4 Å². The summed E-state index contributed by atoms with van der Waals surface area (Å²) >= 11 is 1.54. The smallest absolute Gasteiger partial charge is 0.341 e. The van der Waals surface area contributed by atoms with Crippen LogP contribution in [-0.4, -0.2) is 46.2 Å². The maximum absolute atomic E-state index is 12.6. The Kier molecular flexibility index (Phi) is 8.01. The normalized spacial score (nSPS) is 14.7. The Morgan fingerprint density at radius 2 is 1.90 bits per heavy atom. The van der Waals surface area contributed by atoms with Crippen LogP contribution < -0.4 is 15.5 Å². The third-order valence-corrected chi connectivity index (χ3v) is 6.90. The zero-order valence-corrected chi connectivity index (χ0v) is 18.9. The molecular formula is C23H33N3O3S+2. The maximum Gasteiger partial charge on any atom is 0.341 e. The fourth-order valence-electron chi connectivity index (χ4n) is 4.10. The summed E-state index contributed by atoms with van der Waals surface area (Å²) in [6, 6.07) is 10.7. The summed E-state index contributed by atoms with van der Waals surface area (Å²) in [5.74, 6) is -0.439. The summed E-state index contributed by atoms with van der Waals surface area (Å²) in [6.45, 7) is 1.13. The summed E-state index contributed by atoms with van der Waals surface area (Å²) < 4.78 is 5.02. The number of hydrogen-bond acceptors (Lipinski definition) is 4. The van der Waals surface area contributed by atoms with E-state index in [1.165, 1.54) is 40.2 Å². The molecule has 0 unspecified atom stereocenters. The standard InChI is InChI=1S/C23H31N3O3S/c1-26(2)18(16-10-6-4-7-11-16)14-24-15-20(27)25-22-21(23(28)29-3)17-12-8-5-9-13-19(17)30-22/h4,6-7,10-11,18,24H,5,8-9,12-15H2,1-3H3,(H,25,27)/p+2/t18-/m0/s1. The Morgan fingerprint density at radius 1 is 1.17 bits per heavy atom. The van der Waals surface area contributed by atoms with Crippen molar-refractivity contribution in [1.82, 2.24) is 0 Å². The van der Waals surface area contributed by atoms with Gasteiger partial charge in [0.1, 0.15) is 11.5 Å². The van der Waals surface area contributed by atoms with E-state index in [9.17, 15) is 9.59 Å². The molecule has 1 atom stereocenters. The van der Waals surface area contributed by atoms with Crippen molar-refractivity contribution in [1.29, 1.82) is 0 Å². The topological polar surface area (TPSA) is 76.4 Å². The first kappa shape index (κ1) is 22.5. The Labute approximate surface area is 182 Å². The zero-order chi connectivity index (χ0) is 21.5. The van der Waals surface area contributed by atoms with Crippen molar-refractivity contribution in [3.63, 3.8) is 0 Å². The van der Waals surface area contributed by atoms with Crippen LogP contribution in [0.3, 0.4) is 0 Å². The van der Waals surface area contributed by atoms with Crippen molar-refractivity contribution >= 4 is 28.2 Å². The van der Waals surface area contributed by atoms with Gasteiger partial charge in [-0.15, -0.1) is 11.3 Å². The van der Waals surface area contributed by atoms with Gasteiger partial charge in [0.2, 0.25) is 0 Å². The number of carbonyl (C=O) groups is 2. The summed E-state index contributed by atoms with van der Waals surface area (Å²) in [5, 5.41) is 5.67. The van der Waals surface area contributed by atoms with Crippen LogP contribution >= 0.6 is 11.3 Å². The van der Waals surface area contributed by atoms with Crippen molar-refractivity contribution in [2.45, 2.75) is 38.1 Å². The molecule has 0 aliphatic heterocycles. The van der Waals surface area contributed by atoms with Gasteiger partial charge in [-0.05, 0) is 31.2 Å². The highest BCUT2D eigenvalue weighted by Gasteiger charge is 2.27. The monoisotopic (exact) mass is 431 g/mol. The number of methoxy groups -OCH3 is 1. The first-order chi connectivity index (χ1) is 14.5. The lowest BCUT2D eigenvalue weighted by Gasteiger charge is -2.20. The second-order valence-corrected chi connectivity index (χ2v) is 9.18. The first-order valence-electron chi connectivity index (χ1n) is 10.7. The number of rotatable bonds is 8. The zero-order valence-electron chi connectivity index (χ0n) is 18.1. The maximum atomic E-state index is 12.6. The molecule has 2 aromatic rings. The molecule has 6 nitrogen and oxygen atoms in total. The molecule has 1 aliphatic rings. The van der Waals surface area contributed by atoms with E-state index in [-0.39, 0.29) is 11.9 Å². The molecule has 0 bridgehead atoms. The van der Waals surface area contributed by atoms with Crippen LogP contribution in [0.2, 0.25) is 0 Å². The fraction of sp³-hybridized carbons (Fsp3) is 0.478. The number of fused-ring (bicyclic) bond motifs is 1. The van der Waals surface area contributed by atoms with Crippen molar-refractivity contribution in [2.75, 3.05) is 39.6 Å². The van der Waals surface area contributed by atoms with Gasteiger partial charge >= 0.3 is 5.97 Å². The number of anilines is 1. The minimum Gasteiger partial charge on any atom is -0.465 e. The summed E-state index contributed by atoms with van der Waals surface area (Å²) in [7, 11) is 5.66. The number of likely N-dealkylation sites (N-methyl/N-ethyl adjacent to an activating group) is 1. The van der Waals surface area contributed by atoms with E-state index in [2.05, 4.69) is 31.5 Å². The lowest BCUT2D eigenvalue weighted by molar-refractivity contribution is -0.908. The Morgan fingerprint density at radius 3 is 2.60 bits per heavy atom. The number of aryl methyl sites for hydroxylation is 1. The summed E-state index contributed by atoms with van der Waals surface area (Å²) in [4.78, 5) is 27.6. The second kappa shape index (κ2) is 10.7. The van der Waals surface area contributed by atoms with Crippen molar-refractivity contribution in [2.24, 2.45) is 0 Å². The predicted octanol–water partition coefficient (Wildman–Crippen LogP) is 1.19.